The van der Waals surface area contributed by atoms with Crippen LogP contribution < -0.4 is 4.74 Å². The summed E-state index contributed by atoms with van der Waals surface area (Å²) in [6.45, 7) is 4.41. The Morgan fingerprint density at radius 2 is 1.96 bits per heavy atom. The topological polar surface area (TPSA) is 77.7 Å². The third-order valence-electron chi connectivity index (χ3n) is 3.60. The summed E-state index contributed by atoms with van der Waals surface area (Å²) < 4.78 is 16.3. The highest BCUT2D eigenvalue weighted by Gasteiger charge is 2.17. The molecule has 1 aliphatic rings. The average molecular weight is 317 g/mol. The molecule has 0 radical (unpaired) electrons. The summed E-state index contributed by atoms with van der Waals surface area (Å²) in [4.78, 5) is 13.8. The van der Waals surface area contributed by atoms with Gasteiger partial charge in [0.05, 0.1) is 13.2 Å². The molecule has 0 N–H and O–H groups in total. The van der Waals surface area contributed by atoms with Gasteiger partial charge in [0.15, 0.2) is 6.61 Å². The fraction of sp³-hybridized carbons (Fsp3) is 0.438. The maximum atomic E-state index is 12.0. The first kappa shape index (κ1) is 15.5. The van der Waals surface area contributed by atoms with E-state index in [0.29, 0.717) is 50.3 Å². The fourth-order valence-corrected chi connectivity index (χ4v) is 2.26. The van der Waals surface area contributed by atoms with Gasteiger partial charge >= 0.3 is 0 Å². The summed E-state index contributed by atoms with van der Waals surface area (Å²) in [7, 11) is 0. The minimum Gasteiger partial charge on any atom is -0.484 e. The van der Waals surface area contributed by atoms with E-state index in [9.17, 15) is 4.79 Å². The smallest absolute Gasteiger partial charge is 0.260 e. The van der Waals surface area contributed by atoms with E-state index >= 15 is 0 Å². The first-order chi connectivity index (χ1) is 11.3. The van der Waals surface area contributed by atoms with Crippen LogP contribution in [0.25, 0.3) is 11.5 Å². The molecule has 2 heterocycles. The molecule has 7 heteroatoms. The van der Waals surface area contributed by atoms with Crippen molar-refractivity contribution < 1.29 is 18.7 Å². The molecule has 0 spiro atoms. The normalized spacial score (nSPS) is 14.7. The van der Waals surface area contributed by atoms with Gasteiger partial charge in [0.1, 0.15) is 5.75 Å². The van der Waals surface area contributed by atoms with E-state index < -0.39 is 0 Å². The molecule has 3 rings (SSSR count). The van der Waals surface area contributed by atoms with Crippen LogP contribution in [-0.4, -0.2) is 53.9 Å². The minimum absolute atomic E-state index is 0.0261. The monoisotopic (exact) mass is 317 g/mol. The molecule has 0 bridgehead atoms. The molecule has 1 aliphatic heterocycles. The zero-order valence-electron chi connectivity index (χ0n) is 13.0. The largest absolute Gasteiger partial charge is 0.484 e. The van der Waals surface area contributed by atoms with Crippen LogP contribution in [0.5, 0.6) is 5.75 Å². The number of rotatable bonds is 5. The summed E-state index contributed by atoms with van der Waals surface area (Å²) >= 11 is 0. The zero-order chi connectivity index (χ0) is 16.1. The van der Waals surface area contributed by atoms with Gasteiger partial charge in [-0.3, -0.25) is 4.79 Å². The van der Waals surface area contributed by atoms with Crippen LogP contribution in [0.1, 0.15) is 12.8 Å². The first-order valence-corrected chi connectivity index (χ1v) is 7.67. The van der Waals surface area contributed by atoms with Gasteiger partial charge < -0.3 is 18.8 Å². The number of benzene rings is 1. The van der Waals surface area contributed by atoms with E-state index in [1.807, 2.05) is 19.1 Å². The predicted molar refractivity (Wildman–Crippen MR) is 82.0 cm³/mol. The summed E-state index contributed by atoms with van der Waals surface area (Å²) in [5, 5.41) is 7.93. The van der Waals surface area contributed by atoms with E-state index in [0.717, 1.165) is 5.56 Å². The molecule has 1 aromatic carbocycles. The van der Waals surface area contributed by atoms with Crippen molar-refractivity contribution in [3.05, 3.63) is 30.2 Å². The molecule has 1 saturated heterocycles. The van der Waals surface area contributed by atoms with Crippen molar-refractivity contribution in [1.82, 2.24) is 15.1 Å². The second-order valence-electron chi connectivity index (χ2n) is 5.16. The molecule has 2 aromatic rings. The number of hydrogen-bond donors (Lipinski definition) is 0. The lowest BCUT2D eigenvalue weighted by Crippen LogP contribution is -2.42. The highest BCUT2D eigenvalue weighted by molar-refractivity contribution is 5.77. The minimum atomic E-state index is -0.0261. The number of aromatic nitrogens is 2. The number of hydrogen-bond acceptors (Lipinski definition) is 6. The SMILES string of the molecule is CCc1nnc(-c2ccc(OCC(=O)N3CCOCC3)cc2)o1. The Hall–Kier alpha value is -2.41. The molecule has 0 aliphatic carbocycles. The van der Waals surface area contributed by atoms with Crippen LogP contribution in [0.4, 0.5) is 0 Å². The molecule has 1 fully saturated rings. The Bertz CT molecular complexity index is 648. The van der Waals surface area contributed by atoms with Crippen molar-refractivity contribution in [2.45, 2.75) is 13.3 Å². The summed E-state index contributed by atoms with van der Waals surface area (Å²) in [5.74, 6) is 1.70. The van der Waals surface area contributed by atoms with Crippen LogP contribution in [0.2, 0.25) is 0 Å². The molecular weight excluding hydrogens is 298 g/mol. The maximum absolute atomic E-state index is 12.0. The highest BCUT2D eigenvalue weighted by atomic mass is 16.5. The molecule has 1 aromatic heterocycles. The third-order valence-corrected chi connectivity index (χ3v) is 3.60. The molecule has 23 heavy (non-hydrogen) atoms. The zero-order valence-corrected chi connectivity index (χ0v) is 13.0. The van der Waals surface area contributed by atoms with E-state index in [1.54, 1.807) is 17.0 Å². The van der Waals surface area contributed by atoms with Gasteiger partial charge in [-0.15, -0.1) is 10.2 Å². The van der Waals surface area contributed by atoms with Crippen molar-refractivity contribution in [1.29, 1.82) is 0 Å². The number of aryl methyl sites for hydroxylation is 1. The summed E-state index contributed by atoms with van der Waals surface area (Å²) in [5.41, 5.74) is 0.823. The number of nitrogens with zero attached hydrogens (tertiary/aromatic N) is 3. The van der Waals surface area contributed by atoms with Gasteiger partial charge in [-0.05, 0) is 24.3 Å². The Kier molecular flexibility index (Phi) is 4.87. The van der Waals surface area contributed by atoms with E-state index in [2.05, 4.69) is 10.2 Å². The number of morpholine rings is 1. The Balaban J connectivity index is 1.55. The molecule has 7 nitrogen and oxygen atoms in total. The first-order valence-electron chi connectivity index (χ1n) is 7.67. The molecule has 0 atom stereocenters. The molecular formula is C16H19N3O4. The molecule has 122 valence electrons. The Morgan fingerprint density at radius 1 is 1.22 bits per heavy atom. The van der Waals surface area contributed by atoms with Crippen molar-refractivity contribution in [3.8, 4) is 17.2 Å². The summed E-state index contributed by atoms with van der Waals surface area (Å²) in [6, 6.07) is 7.25. The molecule has 0 unspecified atom stereocenters. The average Bonchev–Trinajstić information content (AvgIpc) is 3.10. The third kappa shape index (κ3) is 3.87. The number of ether oxygens (including phenoxy) is 2. The second-order valence-corrected chi connectivity index (χ2v) is 5.16. The van der Waals surface area contributed by atoms with Gasteiger partial charge in [-0.2, -0.15) is 0 Å². The van der Waals surface area contributed by atoms with E-state index in [4.69, 9.17) is 13.9 Å². The fourth-order valence-electron chi connectivity index (χ4n) is 2.26. The van der Waals surface area contributed by atoms with Crippen molar-refractivity contribution >= 4 is 5.91 Å². The lowest BCUT2D eigenvalue weighted by atomic mass is 10.2. The lowest BCUT2D eigenvalue weighted by Gasteiger charge is -2.26. The number of amides is 1. The van der Waals surface area contributed by atoms with Crippen LogP contribution in [0, 0.1) is 0 Å². The van der Waals surface area contributed by atoms with Gasteiger partial charge in [-0.1, -0.05) is 6.92 Å². The van der Waals surface area contributed by atoms with Crippen LogP contribution in [-0.2, 0) is 16.0 Å². The van der Waals surface area contributed by atoms with Crippen LogP contribution in [0.15, 0.2) is 28.7 Å². The Morgan fingerprint density at radius 3 is 2.61 bits per heavy atom. The van der Waals surface area contributed by atoms with Gasteiger partial charge in [0, 0.05) is 25.1 Å². The van der Waals surface area contributed by atoms with Crippen LogP contribution in [0.3, 0.4) is 0 Å². The van der Waals surface area contributed by atoms with Crippen molar-refractivity contribution in [2.24, 2.45) is 0 Å². The quantitative estimate of drug-likeness (QED) is 0.832. The Labute approximate surface area is 134 Å². The van der Waals surface area contributed by atoms with Crippen molar-refractivity contribution in [2.75, 3.05) is 32.9 Å². The highest BCUT2D eigenvalue weighted by Crippen LogP contribution is 2.21. The molecule has 0 saturated carbocycles. The van der Waals surface area contributed by atoms with Gasteiger partial charge in [0.2, 0.25) is 11.8 Å². The van der Waals surface area contributed by atoms with E-state index in [-0.39, 0.29) is 12.5 Å². The lowest BCUT2D eigenvalue weighted by molar-refractivity contribution is -0.137. The predicted octanol–water partition coefficient (Wildman–Crippen LogP) is 1.54. The summed E-state index contributed by atoms with van der Waals surface area (Å²) in [6.07, 6.45) is 0.706. The molecule has 1 amide bonds. The van der Waals surface area contributed by atoms with Crippen molar-refractivity contribution in [3.63, 3.8) is 0 Å². The van der Waals surface area contributed by atoms with Crippen LogP contribution >= 0.6 is 0 Å². The maximum Gasteiger partial charge on any atom is 0.260 e. The van der Waals surface area contributed by atoms with Gasteiger partial charge in [0.25, 0.3) is 5.91 Å². The number of carbonyl (C=O) groups is 1. The van der Waals surface area contributed by atoms with E-state index in [1.165, 1.54) is 0 Å². The second kappa shape index (κ2) is 7.23. The standard InChI is InChI=1S/C16H19N3O4/c1-2-14-17-18-16(23-14)12-3-5-13(6-4-12)22-11-15(20)19-7-9-21-10-8-19/h3-6H,2,7-11H2,1H3. The van der Waals surface area contributed by atoms with Gasteiger partial charge in [-0.25, -0.2) is 0 Å². The number of carbonyl (C=O) groups excluding carboxylic acids is 1.